The highest BCUT2D eigenvalue weighted by molar-refractivity contribution is 7.89. The summed E-state index contributed by atoms with van der Waals surface area (Å²) in [6.45, 7) is 1.04. The molecule has 2 fully saturated rings. The third kappa shape index (κ3) is 5.55. The fourth-order valence-electron chi connectivity index (χ4n) is 3.55. The van der Waals surface area contributed by atoms with Crippen molar-refractivity contribution in [2.24, 2.45) is 5.92 Å². The van der Waals surface area contributed by atoms with Gasteiger partial charge in [0.15, 0.2) is 6.61 Å². The summed E-state index contributed by atoms with van der Waals surface area (Å²) in [5.74, 6) is -1.57. The van der Waals surface area contributed by atoms with Gasteiger partial charge in [0.25, 0.3) is 5.91 Å². The maximum absolute atomic E-state index is 13.2. The molecule has 12 heteroatoms. The van der Waals surface area contributed by atoms with E-state index in [0.29, 0.717) is 26.3 Å². The molecule has 1 aromatic rings. The smallest absolute Gasteiger partial charge is 0.417 e. The SMILES string of the molecule is O=C(OCC(=O)N1CCOCC1)C1CCN(S(=O)(=O)c2ccccc2C(F)(F)F)CC1. The predicted octanol–water partition coefficient (Wildman–Crippen LogP) is 1.51. The maximum atomic E-state index is 13.2. The standard InChI is InChI=1S/C19H23F3N2O6S/c20-19(21,22)15-3-1-2-4-16(15)31(27,28)24-7-5-14(6-8-24)18(26)30-13-17(25)23-9-11-29-12-10-23/h1-4,14H,5-13H2. The molecule has 1 aromatic carbocycles. The minimum Gasteiger partial charge on any atom is -0.455 e. The third-order valence-electron chi connectivity index (χ3n) is 5.30. The second kappa shape index (κ2) is 9.53. The van der Waals surface area contributed by atoms with Gasteiger partial charge in [0.1, 0.15) is 0 Å². The minimum absolute atomic E-state index is 0.0952. The number of alkyl halides is 3. The van der Waals surface area contributed by atoms with Crippen molar-refractivity contribution in [3.05, 3.63) is 29.8 Å². The molecule has 2 aliphatic rings. The van der Waals surface area contributed by atoms with E-state index in [-0.39, 0.29) is 31.8 Å². The largest absolute Gasteiger partial charge is 0.455 e. The van der Waals surface area contributed by atoms with Gasteiger partial charge >= 0.3 is 12.1 Å². The summed E-state index contributed by atoms with van der Waals surface area (Å²) in [7, 11) is -4.38. The Morgan fingerprint density at radius 3 is 2.29 bits per heavy atom. The van der Waals surface area contributed by atoms with Crippen LogP contribution in [0, 0.1) is 5.92 Å². The molecule has 1 amide bonds. The number of sulfonamides is 1. The molecule has 0 bridgehead atoms. The Bertz CT molecular complexity index is 907. The number of carbonyl (C=O) groups is 2. The molecular weight excluding hydrogens is 441 g/mol. The molecule has 0 aromatic heterocycles. The van der Waals surface area contributed by atoms with Crippen LogP contribution in [-0.2, 0) is 35.3 Å². The number of amides is 1. The normalized spacial score (nSPS) is 19.3. The van der Waals surface area contributed by atoms with Crippen molar-refractivity contribution < 1.29 is 40.7 Å². The zero-order valence-corrected chi connectivity index (χ0v) is 17.5. The maximum Gasteiger partial charge on any atom is 0.417 e. The van der Waals surface area contributed by atoms with Gasteiger partial charge in [-0.05, 0) is 25.0 Å². The first kappa shape index (κ1) is 23.5. The quantitative estimate of drug-likeness (QED) is 0.614. The zero-order valence-electron chi connectivity index (χ0n) is 16.6. The van der Waals surface area contributed by atoms with E-state index in [0.717, 1.165) is 22.5 Å². The van der Waals surface area contributed by atoms with Gasteiger partial charge in [-0.15, -0.1) is 0 Å². The number of halogens is 3. The molecule has 2 saturated heterocycles. The van der Waals surface area contributed by atoms with Gasteiger partial charge in [0.05, 0.1) is 29.6 Å². The van der Waals surface area contributed by atoms with Crippen LogP contribution in [-0.4, -0.2) is 75.5 Å². The predicted molar refractivity (Wildman–Crippen MR) is 101 cm³/mol. The second-order valence-corrected chi connectivity index (χ2v) is 9.18. The molecule has 3 rings (SSSR count). The first-order chi connectivity index (χ1) is 14.6. The summed E-state index contributed by atoms with van der Waals surface area (Å²) in [4.78, 5) is 25.0. The van der Waals surface area contributed by atoms with Crippen molar-refractivity contribution in [3.63, 3.8) is 0 Å². The number of hydrogen-bond donors (Lipinski definition) is 0. The number of morpholine rings is 1. The molecule has 0 unspecified atom stereocenters. The monoisotopic (exact) mass is 464 g/mol. The summed E-state index contributed by atoms with van der Waals surface area (Å²) in [6, 6.07) is 4.01. The third-order valence-corrected chi connectivity index (χ3v) is 7.26. The van der Waals surface area contributed by atoms with Gasteiger partial charge in [-0.25, -0.2) is 8.42 Å². The van der Waals surface area contributed by atoms with Gasteiger partial charge < -0.3 is 14.4 Å². The van der Waals surface area contributed by atoms with Crippen LogP contribution in [0.5, 0.6) is 0 Å². The summed E-state index contributed by atoms with van der Waals surface area (Å²) in [5.41, 5.74) is -1.22. The lowest BCUT2D eigenvalue weighted by molar-refractivity contribution is -0.157. The highest BCUT2D eigenvalue weighted by Gasteiger charge is 2.40. The number of piperidine rings is 1. The first-order valence-electron chi connectivity index (χ1n) is 9.79. The number of hydrogen-bond acceptors (Lipinski definition) is 6. The lowest BCUT2D eigenvalue weighted by Crippen LogP contribution is -2.44. The average Bonchev–Trinajstić information content (AvgIpc) is 2.77. The van der Waals surface area contributed by atoms with Crippen LogP contribution in [0.25, 0.3) is 0 Å². The van der Waals surface area contributed by atoms with Gasteiger partial charge in [-0.3, -0.25) is 9.59 Å². The van der Waals surface area contributed by atoms with E-state index in [2.05, 4.69) is 0 Å². The molecule has 172 valence electrons. The number of benzene rings is 1. The molecule has 2 heterocycles. The van der Waals surface area contributed by atoms with Crippen molar-refractivity contribution >= 4 is 21.9 Å². The van der Waals surface area contributed by atoms with E-state index in [1.807, 2.05) is 0 Å². The summed E-state index contributed by atoms with van der Waals surface area (Å²) in [6.07, 6.45) is -4.62. The average molecular weight is 464 g/mol. The zero-order chi connectivity index (χ0) is 22.6. The van der Waals surface area contributed by atoms with E-state index >= 15 is 0 Å². The van der Waals surface area contributed by atoms with Crippen molar-refractivity contribution in [2.45, 2.75) is 23.9 Å². The Balaban J connectivity index is 1.56. The Morgan fingerprint density at radius 1 is 1.06 bits per heavy atom. The molecule has 0 saturated carbocycles. The molecule has 0 atom stereocenters. The molecule has 0 N–H and O–H groups in total. The summed E-state index contributed by atoms with van der Waals surface area (Å²) in [5, 5.41) is 0. The van der Waals surface area contributed by atoms with Crippen molar-refractivity contribution in [3.8, 4) is 0 Å². The lowest BCUT2D eigenvalue weighted by atomic mass is 9.98. The summed E-state index contributed by atoms with van der Waals surface area (Å²) < 4.78 is 76.4. The van der Waals surface area contributed by atoms with Crippen LogP contribution < -0.4 is 0 Å². The molecule has 31 heavy (non-hydrogen) atoms. The highest BCUT2D eigenvalue weighted by atomic mass is 32.2. The fraction of sp³-hybridized carbons (Fsp3) is 0.579. The van der Waals surface area contributed by atoms with Crippen LogP contribution in [0.4, 0.5) is 13.2 Å². The van der Waals surface area contributed by atoms with Crippen LogP contribution in [0.2, 0.25) is 0 Å². The molecule has 0 spiro atoms. The number of esters is 1. The molecule has 0 aliphatic carbocycles. The first-order valence-corrected chi connectivity index (χ1v) is 11.2. The Labute approximate surface area is 177 Å². The molecular formula is C19H23F3N2O6S. The number of carbonyl (C=O) groups excluding carboxylic acids is 2. The van der Waals surface area contributed by atoms with Crippen molar-refractivity contribution in [1.29, 1.82) is 0 Å². The van der Waals surface area contributed by atoms with Gasteiger partial charge in [0.2, 0.25) is 10.0 Å². The molecule has 8 nitrogen and oxygen atoms in total. The Hall–Kier alpha value is -2.18. The van der Waals surface area contributed by atoms with Crippen molar-refractivity contribution in [2.75, 3.05) is 46.0 Å². The van der Waals surface area contributed by atoms with E-state index in [1.54, 1.807) is 0 Å². The van der Waals surface area contributed by atoms with E-state index in [4.69, 9.17) is 9.47 Å². The Morgan fingerprint density at radius 2 is 1.68 bits per heavy atom. The van der Waals surface area contributed by atoms with Gasteiger partial charge in [0, 0.05) is 26.2 Å². The van der Waals surface area contributed by atoms with Crippen LogP contribution >= 0.6 is 0 Å². The molecule has 2 aliphatic heterocycles. The van der Waals surface area contributed by atoms with E-state index in [9.17, 15) is 31.2 Å². The van der Waals surface area contributed by atoms with E-state index in [1.165, 1.54) is 11.0 Å². The van der Waals surface area contributed by atoms with Crippen LogP contribution in [0.3, 0.4) is 0 Å². The van der Waals surface area contributed by atoms with E-state index < -0.39 is 45.2 Å². The van der Waals surface area contributed by atoms with Gasteiger partial charge in [-0.1, -0.05) is 12.1 Å². The van der Waals surface area contributed by atoms with Crippen LogP contribution in [0.15, 0.2) is 29.2 Å². The lowest BCUT2D eigenvalue weighted by Gasteiger charge is -2.31. The van der Waals surface area contributed by atoms with Gasteiger partial charge in [-0.2, -0.15) is 17.5 Å². The van der Waals surface area contributed by atoms with Crippen molar-refractivity contribution in [1.82, 2.24) is 9.21 Å². The fourth-order valence-corrected chi connectivity index (χ4v) is 5.23. The van der Waals surface area contributed by atoms with Crippen LogP contribution in [0.1, 0.15) is 18.4 Å². The number of nitrogens with zero attached hydrogens (tertiary/aromatic N) is 2. The minimum atomic E-state index is -4.81. The highest BCUT2D eigenvalue weighted by Crippen LogP contribution is 2.36. The Kier molecular flexibility index (Phi) is 7.22. The second-order valence-electron chi connectivity index (χ2n) is 7.27. The summed E-state index contributed by atoms with van der Waals surface area (Å²) >= 11 is 0. The number of ether oxygens (including phenoxy) is 2. The number of rotatable bonds is 5. The molecule has 0 radical (unpaired) electrons. The topological polar surface area (TPSA) is 93.2 Å².